The lowest BCUT2D eigenvalue weighted by atomic mass is 10.1. The molecule has 1 fully saturated rings. The number of ether oxygens (including phenoxy) is 1. The zero-order valence-corrected chi connectivity index (χ0v) is 12.9. The van der Waals surface area contributed by atoms with Gasteiger partial charge in [-0.3, -0.25) is 4.68 Å². The molecule has 1 aromatic heterocycles. The van der Waals surface area contributed by atoms with Crippen molar-refractivity contribution in [3.63, 3.8) is 0 Å². The van der Waals surface area contributed by atoms with Gasteiger partial charge in [0.15, 0.2) is 5.03 Å². The van der Waals surface area contributed by atoms with Gasteiger partial charge in [0.25, 0.3) is 10.0 Å². The second-order valence-electron chi connectivity index (χ2n) is 4.64. The number of halogens is 1. The van der Waals surface area contributed by atoms with Gasteiger partial charge in [-0.25, -0.2) is 13.1 Å². The van der Waals surface area contributed by atoms with E-state index in [0.717, 1.165) is 25.9 Å². The number of aryl methyl sites for hydroxylation is 1. The van der Waals surface area contributed by atoms with E-state index in [4.69, 9.17) is 16.3 Å². The van der Waals surface area contributed by atoms with Crippen LogP contribution < -0.4 is 10.0 Å². The fourth-order valence-corrected chi connectivity index (χ4v) is 3.80. The van der Waals surface area contributed by atoms with Gasteiger partial charge in [-0.1, -0.05) is 11.6 Å². The van der Waals surface area contributed by atoms with E-state index in [-0.39, 0.29) is 22.7 Å². The molecule has 1 aliphatic rings. The van der Waals surface area contributed by atoms with Crippen LogP contribution >= 0.6 is 11.6 Å². The fraction of sp³-hybridized carbons (Fsp3) is 0.727. The highest BCUT2D eigenvalue weighted by Gasteiger charge is 2.22. The third kappa shape index (κ3) is 3.92. The Morgan fingerprint density at radius 2 is 2.25 bits per heavy atom. The largest absolute Gasteiger partial charge is 0.377 e. The van der Waals surface area contributed by atoms with Crippen LogP contribution in [0.2, 0.25) is 5.02 Å². The molecule has 0 radical (unpaired) electrons. The Labute approximate surface area is 123 Å². The molecule has 2 heterocycles. The average Bonchev–Trinajstić information content (AvgIpc) is 2.76. The van der Waals surface area contributed by atoms with Crippen LogP contribution in [0.5, 0.6) is 0 Å². The van der Waals surface area contributed by atoms with Crippen molar-refractivity contribution in [2.45, 2.75) is 24.0 Å². The standard InChI is InChI=1S/C11H19ClN4O3S/c1-16-11(10(12)8-14-16)20(17,18)15-6-7-19-9-2-4-13-5-3-9/h8-9,13,15H,2-7H2,1H3. The molecular formula is C11H19ClN4O3S. The molecule has 0 atom stereocenters. The molecule has 0 aromatic carbocycles. The van der Waals surface area contributed by atoms with Crippen LogP contribution in [0.1, 0.15) is 12.8 Å². The lowest BCUT2D eigenvalue weighted by Gasteiger charge is -2.22. The van der Waals surface area contributed by atoms with Crippen molar-refractivity contribution in [1.82, 2.24) is 19.8 Å². The zero-order chi connectivity index (χ0) is 14.6. The number of hydrogen-bond donors (Lipinski definition) is 2. The first-order chi connectivity index (χ1) is 9.50. The number of nitrogens with one attached hydrogen (secondary N) is 2. The van der Waals surface area contributed by atoms with E-state index in [1.807, 2.05) is 0 Å². The molecule has 1 saturated heterocycles. The van der Waals surface area contributed by atoms with Crippen molar-refractivity contribution in [2.24, 2.45) is 7.05 Å². The number of aromatic nitrogens is 2. The molecule has 2 N–H and O–H groups in total. The maximum Gasteiger partial charge on any atom is 0.259 e. The smallest absolute Gasteiger partial charge is 0.259 e. The summed E-state index contributed by atoms with van der Waals surface area (Å²) in [4.78, 5) is 0. The Morgan fingerprint density at radius 1 is 1.55 bits per heavy atom. The third-order valence-corrected chi connectivity index (χ3v) is 5.10. The van der Waals surface area contributed by atoms with Crippen molar-refractivity contribution in [1.29, 1.82) is 0 Å². The van der Waals surface area contributed by atoms with Crippen LogP contribution in [0.4, 0.5) is 0 Å². The molecule has 2 rings (SSSR count). The maximum atomic E-state index is 12.1. The Hall–Kier alpha value is -0.670. The molecule has 0 bridgehead atoms. The van der Waals surface area contributed by atoms with Crippen molar-refractivity contribution < 1.29 is 13.2 Å². The zero-order valence-electron chi connectivity index (χ0n) is 11.3. The third-order valence-electron chi connectivity index (χ3n) is 3.13. The molecule has 20 heavy (non-hydrogen) atoms. The number of nitrogens with zero attached hydrogens (tertiary/aromatic N) is 2. The van der Waals surface area contributed by atoms with E-state index < -0.39 is 10.0 Å². The van der Waals surface area contributed by atoms with Crippen LogP contribution in [0.3, 0.4) is 0 Å². The predicted molar refractivity (Wildman–Crippen MR) is 75.3 cm³/mol. The summed E-state index contributed by atoms with van der Waals surface area (Å²) in [5.41, 5.74) is 0. The highest BCUT2D eigenvalue weighted by Crippen LogP contribution is 2.19. The van der Waals surface area contributed by atoms with Crippen molar-refractivity contribution >= 4 is 21.6 Å². The van der Waals surface area contributed by atoms with Gasteiger partial charge in [0.1, 0.15) is 0 Å². The van der Waals surface area contributed by atoms with E-state index in [2.05, 4.69) is 15.1 Å². The number of sulfonamides is 1. The van der Waals surface area contributed by atoms with E-state index in [1.54, 1.807) is 0 Å². The number of hydrogen-bond acceptors (Lipinski definition) is 5. The summed E-state index contributed by atoms with van der Waals surface area (Å²) in [7, 11) is -2.12. The molecule has 1 aliphatic heterocycles. The molecule has 9 heteroatoms. The molecular weight excluding hydrogens is 304 g/mol. The SMILES string of the molecule is Cn1ncc(Cl)c1S(=O)(=O)NCCOC1CCNCC1. The van der Waals surface area contributed by atoms with Crippen LogP contribution in [0.15, 0.2) is 11.2 Å². The van der Waals surface area contributed by atoms with Crippen molar-refractivity contribution in [3.05, 3.63) is 11.2 Å². The minimum absolute atomic E-state index is 0.0268. The van der Waals surface area contributed by atoms with Gasteiger partial charge in [0.05, 0.1) is 23.9 Å². The summed E-state index contributed by atoms with van der Waals surface area (Å²) in [6.07, 6.45) is 3.43. The van der Waals surface area contributed by atoms with Crippen LogP contribution in [-0.4, -0.2) is 50.5 Å². The first-order valence-corrected chi connectivity index (χ1v) is 8.36. The van der Waals surface area contributed by atoms with E-state index in [0.29, 0.717) is 6.61 Å². The number of rotatable bonds is 6. The highest BCUT2D eigenvalue weighted by molar-refractivity contribution is 7.89. The summed E-state index contributed by atoms with van der Waals surface area (Å²) in [5.74, 6) is 0. The summed E-state index contributed by atoms with van der Waals surface area (Å²) in [6, 6.07) is 0. The molecule has 0 unspecified atom stereocenters. The topological polar surface area (TPSA) is 85.2 Å². The van der Waals surface area contributed by atoms with Gasteiger partial charge in [-0.05, 0) is 25.9 Å². The second kappa shape index (κ2) is 6.86. The monoisotopic (exact) mass is 322 g/mol. The maximum absolute atomic E-state index is 12.1. The predicted octanol–water partition coefficient (Wildman–Crippen LogP) is 0.120. The number of piperidine rings is 1. The molecule has 0 saturated carbocycles. The fourth-order valence-electron chi connectivity index (χ4n) is 2.13. The lowest BCUT2D eigenvalue weighted by molar-refractivity contribution is 0.0366. The Kier molecular flexibility index (Phi) is 5.39. The lowest BCUT2D eigenvalue weighted by Crippen LogP contribution is -2.35. The highest BCUT2D eigenvalue weighted by atomic mass is 35.5. The van der Waals surface area contributed by atoms with Crippen molar-refractivity contribution in [3.8, 4) is 0 Å². The molecule has 1 aromatic rings. The molecule has 0 aliphatic carbocycles. The Morgan fingerprint density at radius 3 is 2.85 bits per heavy atom. The van der Waals surface area contributed by atoms with Gasteiger partial charge in [0, 0.05) is 13.6 Å². The summed E-state index contributed by atoms with van der Waals surface area (Å²) in [5, 5.41) is 7.14. The minimum atomic E-state index is -3.66. The van der Waals surface area contributed by atoms with Crippen molar-refractivity contribution in [2.75, 3.05) is 26.2 Å². The van der Waals surface area contributed by atoms with Gasteiger partial charge >= 0.3 is 0 Å². The molecule has 0 spiro atoms. The minimum Gasteiger partial charge on any atom is -0.377 e. The quantitative estimate of drug-likeness (QED) is 0.727. The first kappa shape index (κ1) is 15.7. The summed E-state index contributed by atoms with van der Waals surface area (Å²) < 4.78 is 33.5. The summed E-state index contributed by atoms with van der Waals surface area (Å²) >= 11 is 5.82. The van der Waals surface area contributed by atoms with E-state index in [1.165, 1.54) is 17.9 Å². The van der Waals surface area contributed by atoms with Gasteiger partial charge in [0.2, 0.25) is 0 Å². The van der Waals surface area contributed by atoms with E-state index in [9.17, 15) is 8.42 Å². The first-order valence-electron chi connectivity index (χ1n) is 6.50. The summed E-state index contributed by atoms with van der Waals surface area (Å²) in [6.45, 7) is 2.45. The molecule has 7 nitrogen and oxygen atoms in total. The van der Waals surface area contributed by atoms with E-state index >= 15 is 0 Å². The van der Waals surface area contributed by atoms with Gasteiger partial charge in [-0.15, -0.1) is 0 Å². The Bertz CT molecular complexity index is 520. The van der Waals surface area contributed by atoms with Gasteiger partial charge in [-0.2, -0.15) is 5.10 Å². The van der Waals surface area contributed by atoms with Crippen LogP contribution in [0, 0.1) is 0 Å². The average molecular weight is 323 g/mol. The normalized spacial score (nSPS) is 17.5. The van der Waals surface area contributed by atoms with Gasteiger partial charge < -0.3 is 10.1 Å². The van der Waals surface area contributed by atoms with Crippen LogP contribution in [0.25, 0.3) is 0 Å². The van der Waals surface area contributed by atoms with Crippen LogP contribution in [-0.2, 0) is 21.8 Å². The Balaban J connectivity index is 1.81. The molecule has 114 valence electrons. The molecule has 0 amide bonds. The second-order valence-corrected chi connectivity index (χ2v) is 6.73.